The number of hydrogen-bond acceptors (Lipinski definition) is 1. The molecule has 0 bridgehead atoms. The van der Waals surface area contributed by atoms with E-state index in [2.05, 4.69) is 31.0 Å². The molecule has 0 amide bonds. The largest absolute Gasteiger partial charge is 0.360 e. The predicted molar refractivity (Wildman–Crippen MR) is 74.7 cm³/mol. The summed E-state index contributed by atoms with van der Waals surface area (Å²) >= 11 is 5.49. The highest BCUT2D eigenvalue weighted by molar-refractivity contribution is 7.80. The van der Waals surface area contributed by atoms with Gasteiger partial charge in [-0.15, -0.1) is 0 Å². The summed E-state index contributed by atoms with van der Waals surface area (Å²) in [6.45, 7) is 8.83. The summed E-state index contributed by atoms with van der Waals surface area (Å²) < 4.78 is 0. The highest BCUT2D eigenvalue weighted by Crippen LogP contribution is 2.18. The average molecular weight is 242 g/mol. The van der Waals surface area contributed by atoms with Gasteiger partial charge < -0.3 is 10.2 Å². The van der Waals surface area contributed by atoms with Crippen LogP contribution in [0.3, 0.4) is 0 Å². The first kappa shape index (κ1) is 13.8. The quantitative estimate of drug-likeness (QED) is 0.746. The monoisotopic (exact) mass is 242 g/mol. The number of nitrogens with one attached hydrogen (secondary N) is 1. The number of rotatable bonds is 5. The molecular weight excluding hydrogens is 216 g/mol. The van der Waals surface area contributed by atoms with E-state index in [1.165, 1.54) is 32.1 Å². The molecule has 1 fully saturated rings. The Labute approximate surface area is 106 Å². The molecule has 0 radical (unpaired) electrons. The van der Waals surface area contributed by atoms with Gasteiger partial charge in [0.05, 0.1) is 0 Å². The molecule has 2 nitrogen and oxygen atoms in total. The third-order valence-corrected chi connectivity index (χ3v) is 3.96. The summed E-state index contributed by atoms with van der Waals surface area (Å²) in [7, 11) is 0. The molecule has 0 spiro atoms. The zero-order chi connectivity index (χ0) is 12.0. The fourth-order valence-electron chi connectivity index (χ4n) is 2.20. The van der Waals surface area contributed by atoms with Gasteiger partial charge in [0, 0.05) is 19.1 Å². The van der Waals surface area contributed by atoms with Gasteiger partial charge in [0.25, 0.3) is 0 Å². The van der Waals surface area contributed by atoms with Crippen LogP contribution in [0.4, 0.5) is 0 Å². The molecule has 1 aliphatic carbocycles. The van der Waals surface area contributed by atoms with Crippen LogP contribution in [-0.2, 0) is 0 Å². The standard InChI is InChI=1S/C13H26N2S/c1-4-11(3)10-15(5-2)13(16)14-12-8-6-7-9-12/h11-12H,4-10H2,1-3H3,(H,14,16). The summed E-state index contributed by atoms with van der Waals surface area (Å²) in [5.41, 5.74) is 0. The van der Waals surface area contributed by atoms with Crippen molar-refractivity contribution < 1.29 is 0 Å². The third kappa shape index (κ3) is 4.28. The fraction of sp³-hybridized carbons (Fsp3) is 0.923. The summed E-state index contributed by atoms with van der Waals surface area (Å²) in [5.74, 6) is 0.725. The third-order valence-electron chi connectivity index (χ3n) is 3.58. The van der Waals surface area contributed by atoms with Crippen LogP contribution >= 0.6 is 12.2 Å². The smallest absolute Gasteiger partial charge is 0.169 e. The molecule has 1 rings (SSSR count). The van der Waals surface area contributed by atoms with Gasteiger partial charge >= 0.3 is 0 Å². The second kappa shape index (κ2) is 7.10. The van der Waals surface area contributed by atoms with Crippen LogP contribution in [0, 0.1) is 5.92 Å². The molecular formula is C13H26N2S. The minimum atomic E-state index is 0.637. The number of thiocarbonyl (C=S) groups is 1. The van der Waals surface area contributed by atoms with E-state index >= 15 is 0 Å². The van der Waals surface area contributed by atoms with Crippen LogP contribution < -0.4 is 5.32 Å². The summed E-state index contributed by atoms with van der Waals surface area (Å²) in [4.78, 5) is 2.31. The van der Waals surface area contributed by atoms with Gasteiger partial charge in [-0.1, -0.05) is 33.1 Å². The van der Waals surface area contributed by atoms with Crippen molar-refractivity contribution in [2.75, 3.05) is 13.1 Å². The van der Waals surface area contributed by atoms with E-state index in [1.807, 2.05) is 0 Å². The lowest BCUT2D eigenvalue weighted by Crippen LogP contribution is -2.45. The zero-order valence-corrected chi connectivity index (χ0v) is 11.8. The molecule has 1 atom stereocenters. The molecule has 0 aromatic heterocycles. The van der Waals surface area contributed by atoms with Crippen molar-refractivity contribution in [2.24, 2.45) is 5.92 Å². The average Bonchev–Trinajstić information content (AvgIpc) is 2.77. The van der Waals surface area contributed by atoms with Crippen LogP contribution in [0.25, 0.3) is 0 Å². The van der Waals surface area contributed by atoms with Gasteiger partial charge in [0.15, 0.2) is 5.11 Å². The Morgan fingerprint density at radius 3 is 2.50 bits per heavy atom. The van der Waals surface area contributed by atoms with Gasteiger partial charge in [-0.05, 0) is 37.9 Å². The summed E-state index contributed by atoms with van der Waals surface area (Å²) in [6.07, 6.45) is 6.53. The van der Waals surface area contributed by atoms with Gasteiger partial charge in [-0.3, -0.25) is 0 Å². The number of nitrogens with zero attached hydrogens (tertiary/aromatic N) is 1. The van der Waals surface area contributed by atoms with Crippen LogP contribution in [0.5, 0.6) is 0 Å². The highest BCUT2D eigenvalue weighted by atomic mass is 32.1. The lowest BCUT2D eigenvalue weighted by molar-refractivity contribution is 0.350. The van der Waals surface area contributed by atoms with E-state index in [4.69, 9.17) is 12.2 Å². The van der Waals surface area contributed by atoms with Crippen molar-refractivity contribution in [1.82, 2.24) is 10.2 Å². The molecule has 94 valence electrons. The van der Waals surface area contributed by atoms with E-state index in [1.54, 1.807) is 0 Å². The van der Waals surface area contributed by atoms with E-state index in [0.29, 0.717) is 6.04 Å². The van der Waals surface area contributed by atoms with Crippen molar-refractivity contribution in [3.05, 3.63) is 0 Å². The van der Waals surface area contributed by atoms with Crippen molar-refractivity contribution in [3.8, 4) is 0 Å². The van der Waals surface area contributed by atoms with Gasteiger partial charge in [-0.2, -0.15) is 0 Å². The van der Waals surface area contributed by atoms with E-state index in [9.17, 15) is 0 Å². The molecule has 0 aromatic rings. The molecule has 16 heavy (non-hydrogen) atoms. The van der Waals surface area contributed by atoms with Gasteiger partial charge in [-0.25, -0.2) is 0 Å². The van der Waals surface area contributed by atoms with E-state index in [0.717, 1.165) is 24.1 Å². The molecule has 1 N–H and O–H groups in total. The molecule has 0 aromatic carbocycles. The summed E-state index contributed by atoms with van der Waals surface area (Å²) in [6, 6.07) is 0.637. The summed E-state index contributed by atoms with van der Waals surface area (Å²) in [5, 5.41) is 4.48. The normalized spacial score (nSPS) is 18.4. The second-order valence-corrected chi connectivity index (χ2v) is 5.37. The van der Waals surface area contributed by atoms with Crippen LogP contribution in [0.1, 0.15) is 52.9 Å². The van der Waals surface area contributed by atoms with Crippen molar-refractivity contribution in [3.63, 3.8) is 0 Å². The van der Waals surface area contributed by atoms with Crippen LogP contribution in [0.15, 0.2) is 0 Å². The Kier molecular flexibility index (Phi) is 6.10. The Hall–Kier alpha value is -0.310. The minimum absolute atomic E-state index is 0.637. The first-order valence-corrected chi connectivity index (χ1v) is 7.13. The zero-order valence-electron chi connectivity index (χ0n) is 11.0. The van der Waals surface area contributed by atoms with Crippen LogP contribution in [-0.4, -0.2) is 29.1 Å². The Morgan fingerprint density at radius 2 is 2.00 bits per heavy atom. The molecule has 1 saturated carbocycles. The maximum absolute atomic E-state index is 5.49. The van der Waals surface area contributed by atoms with Crippen LogP contribution in [0.2, 0.25) is 0 Å². The maximum Gasteiger partial charge on any atom is 0.169 e. The Morgan fingerprint density at radius 1 is 1.38 bits per heavy atom. The maximum atomic E-state index is 5.49. The second-order valence-electron chi connectivity index (χ2n) is 4.98. The molecule has 0 heterocycles. The molecule has 0 aliphatic heterocycles. The van der Waals surface area contributed by atoms with Gasteiger partial charge in [0.1, 0.15) is 0 Å². The van der Waals surface area contributed by atoms with Gasteiger partial charge in [0.2, 0.25) is 0 Å². The lowest BCUT2D eigenvalue weighted by atomic mass is 10.1. The van der Waals surface area contributed by atoms with Crippen molar-refractivity contribution in [2.45, 2.75) is 58.9 Å². The first-order chi connectivity index (χ1) is 7.67. The van der Waals surface area contributed by atoms with Crippen molar-refractivity contribution >= 4 is 17.3 Å². The van der Waals surface area contributed by atoms with E-state index in [-0.39, 0.29) is 0 Å². The minimum Gasteiger partial charge on any atom is -0.360 e. The molecule has 0 saturated heterocycles. The molecule has 3 heteroatoms. The first-order valence-electron chi connectivity index (χ1n) is 6.72. The van der Waals surface area contributed by atoms with Crippen molar-refractivity contribution in [1.29, 1.82) is 0 Å². The fourth-order valence-corrected chi connectivity index (χ4v) is 2.57. The topological polar surface area (TPSA) is 15.3 Å². The molecule has 1 unspecified atom stereocenters. The Bertz CT molecular complexity index is 212. The van der Waals surface area contributed by atoms with E-state index < -0.39 is 0 Å². The molecule has 1 aliphatic rings. The lowest BCUT2D eigenvalue weighted by Gasteiger charge is -2.28. The highest BCUT2D eigenvalue weighted by Gasteiger charge is 2.18. The SMILES string of the molecule is CCC(C)CN(CC)C(=S)NC1CCCC1. The Balaban J connectivity index is 2.35. The predicted octanol–water partition coefficient (Wildman–Crippen LogP) is 3.17. The number of hydrogen-bond donors (Lipinski definition) is 1.